The van der Waals surface area contributed by atoms with E-state index in [0.717, 1.165) is 27.9 Å². The van der Waals surface area contributed by atoms with Gasteiger partial charge in [0, 0.05) is 20.4 Å². The molecule has 4 heteroatoms. The molecule has 2 aromatic rings. The van der Waals surface area contributed by atoms with E-state index >= 15 is 0 Å². The Hall–Kier alpha value is -0.350. The van der Waals surface area contributed by atoms with Gasteiger partial charge in [-0.25, -0.2) is 0 Å². The van der Waals surface area contributed by atoms with Crippen molar-refractivity contribution in [3.05, 3.63) is 55.6 Å². The van der Waals surface area contributed by atoms with Crippen LogP contribution in [-0.4, -0.2) is 7.05 Å². The van der Waals surface area contributed by atoms with Crippen molar-refractivity contribution in [1.29, 1.82) is 0 Å². The molecule has 18 heavy (non-hydrogen) atoms. The van der Waals surface area contributed by atoms with Crippen molar-refractivity contribution in [2.24, 2.45) is 0 Å². The monoisotopic (exact) mass is 343 g/mol. The minimum absolute atomic E-state index is 0.289. The van der Waals surface area contributed by atoms with Crippen molar-refractivity contribution < 1.29 is 0 Å². The van der Waals surface area contributed by atoms with Gasteiger partial charge in [-0.1, -0.05) is 33.6 Å². The molecule has 0 fully saturated rings. The molecule has 0 aliphatic rings. The molecule has 1 aromatic heterocycles. The van der Waals surface area contributed by atoms with Gasteiger partial charge in [0.05, 0.1) is 0 Å². The van der Waals surface area contributed by atoms with Crippen LogP contribution in [0.5, 0.6) is 0 Å². The van der Waals surface area contributed by atoms with E-state index in [4.69, 9.17) is 11.6 Å². The second-order valence-electron chi connectivity index (χ2n) is 4.13. The van der Waals surface area contributed by atoms with Gasteiger partial charge in [0.1, 0.15) is 0 Å². The smallest absolute Gasteiger partial charge is 0.0454 e. The first kappa shape index (κ1) is 14.1. The zero-order chi connectivity index (χ0) is 13.0. The van der Waals surface area contributed by atoms with E-state index in [1.807, 2.05) is 30.5 Å². The summed E-state index contributed by atoms with van der Waals surface area (Å²) in [4.78, 5) is 1.42. The van der Waals surface area contributed by atoms with Crippen molar-refractivity contribution in [2.75, 3.05) is 7.05 Å². The Bertz CT molecular complexity index is 499. The molecule has 1 N–H and O–H groups in total. The topological polar surface area (TPSA) is 12.0 Å². The molecule has 1 heterocycles. The van der Waals surface area contributed by atoms with Crippen LogP contribution in [0.3, 0.4) is 0 Å². The lowest BCUT2D eigenvalue weighted by Crippen LogP contribution is -2.17. The van der Waals surface area contributed by atoms with E-state index < -0.39 is 0 Å². The average Bonchev–Trinajstić information content (AvgIpc) is 2.87. The molecular weight excluding hydrogens is 330 g/mol. The Morgan fingerprint density at radius 2 is 2.22 bits per heavy atom. The van der Waals surface area contributed by atoms with Crippen molar-refractivity contribution in [1.82, 2.24) is 5.32 Å². The fraction of sp³-hybridized carbons (Fsp3) is 0.286. The quantitative estimate of drug-likeness (QED) is 0.799. The molecule has 1 atom stereocenters. The molecule has 1 aromatic carbocycles. The molecule has 0 spiro atoms. The first-order valence-corrected chi connectivity index (χ1v) is 7.90. The summed E-state index contributed by atoms with van der Waals surface area (Å²) in [6.07, 6.45) is 2.12. The molecule has 1 nitrogen and oxygen atoms in total. The van der Waals surface area contributed by atoms with Crippen LogP contribution < -0.4 is 5.32 Å². The van der Waals surface area contributed by atoms with Gasteiger partial charge < -0.3 is 5.32 Å². The maximum Gasteiger partial charge on any atom is 0.0454 e. The van der Waals surface area contributed by atoms with Crippen LogP contribution in [-0.2, 0) is 6.42 Å². The van der Waals surface area contributed by atoms with Gasteiger partial charge in [0.25, 0.3) is 0 Å². The number of benzene rings is 1. The van der Waals surface area contributed by atoms with Crippen LogP contribution >= 0.6 is 38.9 Å². The molecule has 0 bridgehead atoms. The highest BCUT2D eigenvalue weighted by Gasteiger charge is 2.13. The lowest BCUT2D eigenvalue weighted by molar-refractivity contribution is 0.551. The molecule has 0 saturated heterocycles. The predicted molar refractivity (Wildman–Crippen MR) is 83.6 cm³/mol. The predicted octanol–water partition coefficient (Wildman–Crippen LogP) is 5.06. The van der Waals surface area contributed by atoms with Crippen molar-refractivity contribution >= 4 is 38.9 Å². The molecule has 0 saturated carbocycles. The molecular formula is C14H15BrClNS. The van der Waals surface area contributed by atoms with Crippen molar-refractivity contribution in [2.45, 2.75) is 18.9 Å². The first-order chi connectivity index (χ1) is 8.70. The zero-order valence-corrected chi connectivity index (χ0v) is 13.3. The number of halogens is 2. The van der Waals surface area contributed by atoms with Gasteiger partial charge in [-0.05, 0) is 55.1 Å². The SMILES string of the molecule is CNC(CCc1cccs1)c1cc(Br)ccc1Cl. The third-order valence-corrected chi connectivity index (χ3v) is 4.72. The van der Waals surface area contributed by atoms with Crippen LogP contribution in [0.1, 0.15) is 22.9 Å². The summed E-state index contributed by atoms with van der Waals surface area (Å²) in [5.41, 5.74) is 1.16. The summed E-state index contributed by atoms with van der Waals surface area (Å²) < 4.78 is 1.07. The van der Waals surface area contributed by atoms with E-state index in [2.05, 4.69) is 44.8 Å². The van der Waals surface area contributed by atoms with Crippen LogP contribution in [0, 0.1) is 0 Å². The maximum absolute atomic E-state index is 6.27. The van der Waals surface area contributed by atoms with Gasteiger partial charge in [0.15, 0.2) is 0 Å². The van der Waals surface area contributed by atoms with Gasteiger partial charge in [-0.2, -0.15) is 0 Å². The molecule has 0 aliphatic heterocycles. The Morgan fingerprint density at radius 3 is 2.89 bits per heavy atom. The average molecular weight is 345 g/mol. The summed E-state index contributed by atoms with van der Waals surface area (Å²) in [6, 6.07) is 10.6. The minimum atomic E-state index is 0.289. The van der Waals surface area contributed by atoms with E-state index in [0.29, 0.717) is 0 Å². The highest BCUT2D eigenvalue weighted by molar-refractivity contribution is 9.10. The van der Waals surface area contributed by atoms with Gasteiger partial charge in [0.2, 0.25) is 0 Å². The third kappa shape index (κ3) is 3.58. The Balaban J connectivity index is 2.10. The number of rotatable bonds is 5. The minimum Gasteiger partial charge on any atom is -0.313 e. The van der Waals surface area contributed by atoms with Crippen LogP contribution in [0.15, 0.2) is 40.2 Å². The number of hydrogen-bond donors (Lipinski definition) is 1. The van der Waals surface area contributed by atoms with Crippen LogP contribution in [0.4, 0.5) is 0 Å². The molecule has 2 rings (SSSR count). The number of aryl methyl sites for hydroxylation is 1. The van der Waals surface area contributed by atoms with Crippen molar-refractivity contribution in [3.8, 4) is 0 Å². The fourth-order valence-electron chi connectivity index (χ4n) is 1.98. The highest BCUT2D eigenvalue weighted by atomic mass is 79.9. The Labute approximate surface area is 125 Å². The standard InChI is InChI=1S/C14H15BrClNS/c1-17-14(7-5-11-3-2-8-18-11)12-9-10(15)4-6-13(12)16/h2-4,6,8-9,14,17H,5,7H2,1H3. The largest absolute Gasteiger partial charge is 0.313 e. The first-order valence-electron chi connectivity index (χ1n) is 5.85. The summed E-state index contributed by atoms with van der Waals surface area (Å²) in [6.45, 7) is 0. The zero-order valence-electron chi connectivity index (χ0n) is 10.1. The summed E-state index contributed by atoms with van der Waals surface area (Å²) >= 11 is 11.6. The molecule has 0 radical (unpaired) electrons. The third-order valence-electron chi connectivity index (χ3n) is 2.94. The van der Waals surface area contributed by atoms with E-state index in [1.165, 1.54) is 4.88 Å². The Morgan fingerprint density at radius 1 is 1.39 bits per heavy atom. The number of nitrogens with one attached hydrogen (secondary N) is 1. The highest BCUT2D eigenvalue weighted by Crippen LogP contribution is 2.29. The molecule has 0 amide bonds. The fourth-order valence-corrected chi connectivity index (χ4v) is 3.33. The van der Waals surface area contributed by atoms with Crippen molar-refractivity contribution in [3.63, 3.8) is 0 Å². The lowest BCUT2D eigenvalue weighted by atomic mass is 10.0. The normalized spacial score (nSPS) is 12.6. The lowest BCUT2D eigenvalue weighted by Gasteiger charge is -2.18. The van der Waals surface area contributed by atoms with E-state index in [9.17, 15) is 0 Å². The van der Waals surface area contributed by atoms with E-state index in [-0.39, 0.29) is 6.04 Å². The maximum atomic E-state index is 6.27. The van der Waals surface area contributed by atoms with Gasteiger partial charge in [-0.3, -0.25) is 0 Å². The van der Waals surface area contributed by atoms with Crippen LogP contribution in [0.25, 0.3) is 0 Å². The second-order valence-corrected chi connectivity index (χ2v) is 6.48. The number of hydrogen-bond acceptors (Lipinski definition) is 2. The molecule has 0 aliphatic carbocycles. The number of thiophene rings is 1. The van der Waals surface area contributed by atoms with Gasteiger partial charge >= 0.3 is 0 Å². The summed E-state index contributed by atoms with van der Waals surface area (Å²) in [5.74, 6) is 0. The second kappa shape index (κ2) is 6.71. The molecule has 1 unspecified atom stereocenters. The Kier molecular flexibility index (Phi) is 5.25. The molecule has 96 valence electrons. The summed E-state index contributed by atoms with van der Waals surface area (Å²) in [7, 11) is 1.98. The van der Waals surface area contributed by atoms with E-state index in [1.54, 1.807) is 0 Å². The van der Waals surface area contributed by atoms with Gasteiger partial charge in [-0.15, -0.1) is 11.3 Å². The van der Waals surface area contributed by atoms with Crippen LogP contribution in [0.2, 0.25) is 5.02 Å². The summed E-state index contributed by atoms with van der Waals surface area (Å²) in [5, 5.41) is 6.29.